The topological polar surface area (TPSA) is 76.0 Å². The van der Waals surface area contributed by atoms with E-state index in [2.05, 4.69) is 11.7 Å². The molecule has 0 atom stereocenters. The molecule has 5 heteroatoms. The minimum atomic E-state index is -1.47. The van der Waals surface area contributed by atoms with Gasteiger partial charge in [0.1, 0.15) is 0 Å². The van der Waals surface area contributed by atoms with Gasteiger partial charge < -0.3 is 19.7 Å². The van der Waals surface area contributed by atoms with E-state index in [9.17, 15) is 9.90 Å². The van der Waals surface area contributed by atoms with Gasteiger partial charge in [-0.05, 0) is 18.6 Å². The highest BCUT2D eigenvalue weighted by Gasteiger charge is 2.11. The normalized spacial score (nSPS) is 9.94. The van der Waals surface area contributed by atoms with Crippen LogP contribution >= 0.6 is 0 Å². The summed E-state index contributed by atoms with van der Waals surface area (Å²) in [6, 6.07) is 4.49. The third kappa shape index (κ3) is 4.22. The Labute approximate surface area is 99.6 Å². The van der Waals surface area contributed by atoms with Gasteiger partial charge in [-0.15, -0.1) is 0 Å². The first-order valence-corrected chi connectivity index (χ1v) is 5.50. The van der Waals surface area contributed by atoms with Gasteiger partial charge in [-0.3, -0.25) is 0 Å². The standard InChI is InChI=1S/C12H16O5/c1-2-3-4-8-16-9-6-5-7-10(11(9)13)17-12(14)15/h5-7,13H,2-4,8H2,1H3,(H,14,15). The summed E-state index contributed by atoms with van der Waals surface area (Å²) < 4.78 is 9.74. The average molecular weight is 240 g/mol. The number of phenolic OH excluding ortho intramolecular Hbond substituents is 1. The molecule has 0 bridgehead atoms. The lowest BCUT2D eigenvalue weighted by atomic mass is 10.2. The molecule has 0 heterocycles. The minimum Gasteiger partial charge on any atom is -0.502 e. The molecule has 1 aromatic rings. The Morgan fingerprint density at radius 1 is 1.29 bits per heavy atom. The van der Waals surface area contributed by atoms with E-state index in [1.54, 1.807) is 12.1 Å². The van der Waals surface area contributed by atoms with Crippen LogP contribution in [0.25, 0.3) is 0 Å². The summed E-state index contributed by atoms with van der Waals surface area (Å²) in [4.78, 5) is 10.4. The van der Waals surface area contributed by atoms with Crippen LogP contribution < -0.4 is 9.47 Å². The van der Waals surface area contributed by atoms with Crippen LogP contribution in [0.3, 0.4) is 0 Å². The maximum absolute atomic E-state index is 10.4. The van der Waals surface area contributed by atoms with Gasteiger partial charge in [-0.2, -0.15) is 0 Å². The molecule has 17 heavy (non-hydrogen) atoms. The molecule has 0 aliphatic rings. The van der Waals surface area contributed by atoms with Crippen LogP contribution in [0.2, 0.25) is 0 Å². The summed E-state index contributed by atoms with van der Waals surface area (Å²) in [5.41, 5.74) is 0. The molecule has 5 nitrogen and oxygen atoms in total. The van der Waals surface area contributed by atoms with Gasteiger partial charge in [0.15, 0.2) is 11.5 Å². The molecule has 0 aliphatic carbocycles. The Kier molecular flexibility index (Phi) is 5.13. The van der Waals surface area contributed by atoms with Crippen molar-refractivity contribution in [3.8, 4) is 17.2 Å². The average Bonchev–Trinajstić information content (AvgIpc) is 2.28. The lowest BCUT2D eigenvalue weighted by Gasteiger charge is -2.09. The number of hydrogen-bond donors (Lipinski definition) is 2. The van der Waals surface area contributed by atoms with Crippen LogP contribution in [0.1, 0.15) is 26.2 Å². The van der Waals surface area contributed by atoms with E-state index in [0.29, 0.717) is 6.61 Å². The second-order valence-electron chi connectivity index (χ2n) is 3.53. The number of phenols is 1. The molecule has 0 aliphatic heterocycles. The summed E-state index contributed by atoms with van der Waals surface area (Å²) in [6.45, 7) is 2.57. The van der Waals surface area contributed by atoms with E-state index < -0.39 is 6.16 Å². The fourth-order valence-electron chi connectivity index (χ4n) is 1.33. The highest BCUT2D eigenvalue weighted by atomic mass is 16.7. The van der Waals surface area contributed by atoms with Crippen molar-refractivity contribution in [3.05, 3.63) is 18.2 Å². The summed E-state index contributed by atoms with van der Waals surface area (Å²) in [5.74, 6) is -0.170. The number of unbranched alkanes of at least 4 members (excludes halogenated alkanes) is 2. The molecule has 2 N–H and O–H groups in total. The third-order valence-corrected chi connectivity index (χ3v) is 2.16. The fourth-order valence-corrected chi connectivity index (χ4v) is 1.33. The quantitative estimate of drug-likeness (QED) is 0.454. The summed E-state index contributed by atoms with van der Waals surface area (Å²) in [5, 5.41) is 18.1. The van der Waals surface area contributed by atoms with Crippen molar-refractivity contribution < 1.29 is 24.5 Å². The van der Waals surface area contributed by atoms with E-state index in [4.69, 9.17) is 9.84 Å². The van der Waals surface area contributed by atoms with Gasteiger partial charge >= 0.3 is 6.16 Å². The number of carboxylic acid groups (broad SMARTS) is 1. The minimum absolute atomic E-state index is 0.120. The van der Waals surface area contributed by atoms with Crippen LogP contribution in [-0.2, 0) is 0 Å². The Balaban J connectivity index is 2.63. The number of ether oxygens (including phenoxy) is 2. The highest BCUT2D eigenvalue weighted by molar-refractivity contribution is 5.64. The highest BCUT2D eigenvalue weighted by Crippen LogP contribution is 2.35. The SMILES string of the molecule is CCCCCOc1cccc(OC(=O)O)c1O. The van der Waals surface area contributed by atoms with Gasteiger partial charge in [-0.25, -0.2) is 4.79 Å². The molecule has 0 aromatic heterocycles. The number of rotatable bonds is 6. The van der Waals surface area contributed by atoms with Crippen LogP contribution in [0.15, 0.2) is 18.2 Å². The van der Waals surface area contributed by atoms with Crippen LogP contribution in [0.5, 0.6) is 17.2 Å². The number of aromatic hydroxyl groups is 1. The molecule has 0 fully saturated rings. The van der Waals surface area contributed by atoms with Crippen molar-refractivity contribution in [2.24, 2.45) is 0 Å². The zero-order valence-electron chi connectivity index (χ0n) is 9.68. The van der Waals surface area contributed by atoms with E-state index in [1.165, 1.54) is 6.07 Å². The number of para-hydroxylation sites is 1. The lowest BCUT2D eigenvalue weighted by molar-refractivity contribution is 0.142. The summed E-state index contributed by atoms with van der Waals surface area (Å²) >= 11 is 0. The molecule has 0 spiro atoms. The first-order chi connectivity index (χ1) is 8.15. The summed E-state index contributed by atoms with van der Waals surface area (Å²) in [7, 11) is 0. The van der Waals surface area contributed by atoms with Gasteiger partial charge in [0.05, 0.1) is 6.61 Å². The van der Waals surface area contributed by atoms with Crippen molar-refractivity contribution in [3.63, 3.8) is 0 Å². The first kappa shape index (κ1) is 13.2. The Morgan fingerprint density at radius 2 is 2.00 bits per heavy atom. The molecule has 94 valence electrons. The van der Waals surface area contributed by atoms with E-state index in [-0.39, 0.29) is 17.2 Å². The predicted octanol–water partition coefficient (Wildman–Crippen LogP) is 3.02. The van der Waals surface area contributed by atoms with Crippen LogP contribution in [0, 0.1) is 0 Å². The largest absolute Gasteiger partial charge is 0.511 e. The Morgan fingerprint density at radius 3 is 2.65 bits per heavy atom. The molecule has 0 saturated carbocycles. The van der Waals surface area contributed by atoms with Crippen LogP contribution in [-0.4, -0.2) is 23.0 Å². The molecule has 1 aromatic carbocycles. The molecule has 1 rings (SSSR count). The molecule has 0 radical (unpaired) electrons. The fraction of sp³-hybridized carbons (Fsp3) is 0.417. The zero-order valence-corrected chi connectivity index (χ0v) is 9.68. The lowest BCUT2D eigenvalue weighted by Crippen LogP contribution is -2.04. The molecule has 0 saturated heterocycles. The molecule has 0 amide bonds. The van der Waals surface area contributed by atoms with E-state index in [1.807, 2.05) is 0 Å². The number of benzene rings is 1. The van der Waals surface area contributed by atoms with Crippen molar-refractivity contribution in [1.29, 1.82) is 0 Å². The zero-order chi connectivity index (χ0) is 12.7. The Hall–Kier alpha value is -1.91. The number of hydrogen-bond acceptors (Lipinski definition) is 4. The van der Waals surface area contributed by atoms with Crippen molar-refractivity contribution in [2.75, 3.05) is 6.61 Å². The maximum atomic E-state index is 10.4. The molecular formula is C12H16O5. The molecular weight excluding hydrogens is 224 g/mol. The predicted molar refractivity (Wildman–Crippen MR) is 61.8 cm³/mol. The first-order valence-electron chi connectivity index (χ1n) is 5.50. The van der Waals surface area contributed by atoms with Gasteiger partial charge in [0.2, 0.25) is 5.75 Å². The monoisotopic (exact) mass is 240 g/mol. The van der Waals surface area contributed by atoms with Crippen molar-refractivity contribution in [1.82, 2.24) is 0 Å². The second-order valence-corrected chi connectivity index (χ2v) is 3.53. The maximum Gasteiger partial charge on any atom is 0.511 e. The number of carbonyl (C=O) groups is 1. The van der Waals surface area contributed by atoms with Gasteiger partial charge in [0, 0.05) is 0 Å². The van der Waals surface area contributed by atoms with E-state index >= 15 is 0 Å². The van der Waals surface area contributed by atoms with Crippen molar-refractivity contribution in [2.45, 2.75) is 26.2 Å². The smallest absolute Gasteiger partial charge is 0.502 e. The second kappa shape index (κ2) is 6.62. The summed E-state index contributed by atoms with van der Waals surface area (Å²) in [6.07, 6.45) is 1.55. The van der Waals surface area contributed by atoms with Gasteiger partial charge in [-0.1, -0.05) is 25.8 Å². The molecule has 0 unspecified atom stereocenters. The van der Waals surface area contributed by atoms with Crippen molar-refractivity contribution >= 4 is 6.16 Å². The Bertz CT molecular complexity index is 375. The van der Waals surface area contributed by atoms with Crippen LogP contribution in [0.4, 0.5) is 4.79 Å². The van der Waals surface area contributed by atoms with Gasteiger partial charge in [0.25, 0.3) is 0 Å². The van der Waals surface area contributed by atoms with E-state index in [0.717, 1.165) is 19.3 Å². The third-order valence-electron chi connectivity index (χ3n) is 2.16.